The lowest BCUT2D eigenvalue weighted by atomic mass is 9.82. The second kappa shape index (κ2) is 6.76. The van der Waals surface area contributed by atoms with Crippen molar-refractivity contribution < 1.29 is 9.13 Å². The predicted octanol–water partition coefficient (Wildman–Crippen LogP) is 1.99. The lowest BCUT2D eigenvalue weighted by molar-refractivity contribution is 0.0455. The van der Waals surface area contributed by atoms with E-state index in [2.05, 4.69) is 26.3 Å². The molecular weight excluding hydrogens is 311 g/mol. The van der Waals surface area contributed by atoms with Gasteiger partial charge in [-0.05, 0) is 25.0 Å². The highest BCUT2D eigenvalue weighted by molar-refractivity contribution is 5.63. The molecule has 3 heterocycles. The minimum absolute atomic E-state index is 0.213. The third kappa shape index (κ3) is 3.41. The normalized spacial score (nSPS) is 16.3. The Bertz CT molecular complexity index is 769. The first kappa shape index (κ1) is 16.1. The highest BCUT2D eigenvalue weighted by Gasteiger charge is 2.32. The molecule has 24 heavy (non-hydrogen) atoms. The number of nitrogen functional groups attached to an aromatic ring is 1. The number of ether oxygens (including phenoxy) is 1. The zero-order chi connectivity index (χ0) is 17.0. The Morgan fingerprint density at radius 2 is 2.17 bits per heavy atom. The van der Waals surface area contributed by atoms with Crippen molar-refractivity contribution in [1.82, 2.24) is 15.0 Å². The van der Waals surface area contributed by atoms with Crippen molar-refractivity contribution in [1.29, 1.82) is 5.26 Å². The standard InChI is InChI=1S/C16H17FN6O/c17-12-8-21-14(19)7-11(12)13-1-4-20-15(23-13)22-10-16(9-18)2-5-24-6-3-16/h1,4,7-8H,2-3,5-6,10H2,(H2,19,21)(H,20,22,23). The quantitative estimate of drug-likeness (QED) is 0.883. The van der Waals surface area contributed by atoms with E-state index in [4.69, 9.17) is 10.5 Å². The summed E-state index contributed by atoms with van der Waals surface area (Å²) < 4.78 is 19.2. The third-order valence-electron chi connectivity index (χ3n) is 4.08. The van der Waals surface area contributed by atoms with Crippen molar-refractivity contribution in [3.05, 3.63) is 30.3 Å². The van der Waals surface area contributed by atoms with Crippen LogP contribution >= 0.6 is 0 Å². The molecule has 0 amide bonds. The number of nitrogens with two attached hydrogens (primary N) is 1. The molecular formula is C16H17FN6O. The number of rotatable bonds is 4. The fraction of sp³-hybridized carbons (Fsp3) is 0.375. The largest absolute Gasteiger partial charge is 0.384 e. The molecule has 0 radical (unpaired) electrons. The first-order valence-electron chi connectivity index (χ1n) is 7.59. The van der Waals surface area contributed by atoms with Crippen molar-refractivity contribution >= 4 is 11.8 Å². The van der Waals surface area contributed by atoms with Crippen LogP contribution in [0.5, 0.6) is 0 Å². The lowest BCUT2D eigenvalue weighted by Crippen LogP contribution is -2.35. The molecule has 7 nitrogen and oxygen atoms in total. The summed E-state index contributed by atoms with van der Waals surface area (Å²) in [5.74, 6) is 0.0420. The molecule has 1 aliphatic rings. The van der Waals surface area contributed by atoms with Crippen LogP contribution in [0.1, 0.15) is 12.8 Å². The van der Waals surface area contributed by atoms with Crippen LogP contribution in [0.25, 0.3) is 11.3 Å². The van der Waals surface area contributed by atoms with Gasteiger partial charge in [-0.15, -0.1) is 0 Å². The number of nitriles is 1. The Kier molecular flexibility index (Phi) is 4.53. The van der Waals surface area contributed by atoms with Crippen LogP contribution in [0, 0.1) is 22.6 Å². The van der Waals surface area contributed by atoms with Crippen LogP contribution in [-0.2, 0) is 4.74 Å². The van der Waals surface area contributed by atoms with Gasteiger partial charge in [0.05, 0.1) is 23.4 Å². The SMILES string of the molecule is N#CC1(CNc2nccc(-c3cc(N)ncc3F)n2)CCOCC1. The van der Waals surface area contributed by atoms with Crippen LogP contribution in [-0.4, -0.2) is 34.7 Å². The zero-order valence-corrected chi connectivity index (χ0v) is 13.0. The van der Waals surface area contributed by atoms with Gasteiger partial charge >= 0.3 is 0 Å². The molecule has 2 aromatic rings. The molecule has 3 rings (SSSR count). The summed E-state index contributed by atoms with van der Waals surface area (Å²) in [6.07, 6.45) is 3.91. The van der Waals surface area contributed by atoms with Gasteiger partial charge in [-0.2, -0.15) is 5.26 Å². The van der Waals surface area contributed by atoms with Crippen LogP contribution in [0.2, 0.25) is 0 Å². The van der Waals surface area contributed by atoms with Gasteiger partial charge in [-0.3, -0.25) is 0 Å². The van der Waals surface area contributed by atoms with Crippen LogP contribution in [0.3, 0.4) is 0 Å². The maximum atomic E-state index is 13.9. The molecule has 1 fully saturated rings. The highest BCUT2D eigenvalue weighted by atomic mass is 19.1. The maximum Gasteiger partial charge on any atom is 0.223 e. The average Bonchev–Trinajstić information content (AvgIpc) is 2.63. The van der Waals surface area contributed by atoms with E-state index in [-0.39, 0.29) is 11.4 Å². The first-order valence-corrected chi connectivity index (χ1v) is 7.59. The summed E-state index contributed by atoms with van der Waals surface area (Å²) in [5.41, 5.74) is 5.77. The zero-order valence-electron chi connectivity index (χ0n) is 13.0. The Morgan fingerprint density at radius 1 is 1.38 bits per heavy atom. The van der Waals surface area contributed by atoms with Gasteiger partial charge in [0.25, 0.3) is 0 Å². The second-order valence-corrected chi connectivity index (χ2v) is 5.71. The number of nitrogens with zero attached hydrogens (tertiary/aromatic N) is 4. The monoisotopic (exact) mass is 328 g/mol. The summed E-state index contributed by atoms with van der Waals surface area (Å²) in [6, 6.07) is 5.39. The van der Waals surface area contributed by atoms with E-state index < -0.39 is 11.2 Å². The highest BCUT2D eigenvalue weighted by Crippen LogP contribution is 2.30. The molecule has 0 saturated carbocycles. The van der Waals surface area contributed by atoms with E-state index in [9.17, 15) is 9.65 Å². The summed E-state index contributed by atoms with van der Waals surface area (Å²) in [4.78, 5) is 12.1. The Morgan fingerprint density at radius 3 is 2.92 bits per heavy atom. The molecule has 0 aromatic carbocycles. The first-order chi connectivity index (χ1) is 11.6. The molecule has 2 aromatic heterocycles. The maximum absolute atomic E-state index is 13.9. The second-order valence-electron chi connectivity index (χ2n) is 5.71. The lowest BCUT2D eigenvalue weighted by Gasteiger charge is -2.30. The Hall–Kier alpha value is -2.79. The van der Waals surface area contributed by atoms with Crippen molar-refractivity contribution in [3.8, 4) is 17.3 Å². The summed E-state index contributed by atoms with van der Waals surface area (Å²) in [6.45, 7) is 1.55. The number of nitrogens with one attached hydrogen (secondary N) is 1. The number of hydrogen-bond donors (Lipinski definition) is 2. The van der Waals surface area contributed by atoms with Gasteiger partial charge < -0.3 is 15.8 Å². The van der Waals surface area contributed by atoms with E-state index >= 15 is 0 Å². The summed E-state index contributed by atoms with van der Waals surface area (Å²) in [5, 5.41) is 12.5. The van der Waals surface area contributed by atoms with Gasteiger partial charge in [0, 0.05) is 31.5 Å². The number of hydrogen-bond acceptors (Lipinski definition) is 7. The minimum Gasteiger partial charge on any atom is -0.384 e. The number of pyridine rings is 1. The van der Waals surface area contributed by atoms with Crippen LogP contribution in [0.15, 0.2) is 24.5 Å². The van der Waals surface area contributed by atoms with Gasteiger partial charge in [0.2, 0.25) is 5.95 Å². The van der Waals surface area contributed by atoms with Gasteiger partial charge in [-0.1, -0.05) is 0 Å². The summed E-state index contributed by atoms with van der Waals surface area (Å²) in [7, 11) is 0. The Balaban J connectivity index is 1.78. The van der Waals surface area contributed by atoms with Crippen molar-refractivity contribution in [2.24, 2.45) is 5.41 Å². The molecule has 0 unspecified atom stereocenters. The van der Waals surface area contributed by atoms with Crippen molar-refractivity contribution in [3.63, 3.8) is 0 Å². The van der Waals surface area contributed by atoms with E-state index in [1.54, 1.807) is 6.07 Å². The number of halogens is 1. The van der Waals surface area contributed by atoms with Crippen molar-refractivity contribution in [2.45, 2.75) is 12.8 Å². The van der Waals surface area contributed by atoms with Crippen LogP contribution in [0.4, 0.5) is 16.2 Å². The molecule has 124 valence electrons. The molecule has 1 saturated heterocycles. The Labute approximate surface area is 138 Å². The molecule has 0 aliphatic carbocycles. The molecule has 0 bridgehead atoms. The van der Waals surface area contributed by atoms with Gasteiger partial charge in [0.15, 0.2) is 5.82 Å². The molecule has 0 spiro atoms. The molecule has 0 atom stereocenters. The van der Waals surface area contributed by atoms with E-state index in [1.807, 2.05) is 0 Å². The van der Waals surface area contributed by atoms with E-state index in [0.717, 1.165) is 6.20 Å². The minimum atomic E-state index is -0.508. The smallest absolute Gasteiger partial charge is 0.223 e. The van der Waals surface area contributed by atoms with Crippen molar-refractivity contribution in [2.75, 3.05) is 30.8 Å². The van der Waals surface area contributed by atoms with E-state index in [1.165, 1.54) is 12.3 Å². The topological polar surface area (TPSA) is 110 Å². The fourth-order valence-electron chi connectivity index (χ4n) is 2.58. The molecule has 1 aliphatic heterocycles. The molecule has 8 heteroatoms. The summed E-state index contributed by atoms with van der Waals surface area (Å²) >= 11 is 0. The van der Waals surface area contributed by atoms with Gasteiger partial charge in [-0.25, -0.2) is 19.3 Å². The predicted molar refractivity (Wildman–Crippen MR) is 86.2 cm³/mol. The number of anilines is 2. The van der Waals surface area contributed by atoms with E-state index in [0.29, 0.717) is 44.2 Å². The fourth-order valence-corrected chi connectivity index (χ4v) is 2.58. The van der Waals surface area contributed by atoms with Gasteiger partial charge in [0.1, 0.15) is 5.82 Å². The van der Waals surface area contributed by atoms with Crippen LogP contribution < -0.4 is 11.1 Å². The third-order valence-corrected chi connectivity index (χ3v) is 4.08. The molecule has 3 N–H and O–H groups in total. The number of aromatic nitrogens is 3. The average molecular weight is 328 g/mol.